The first kappa shape index (κ1) is 24.6. The molecule has 0 fully saturated rings. The second kappa shape index (κ2) is 10.0. The van der Waals surface area contributed by atoms with E-state index in [0.29, 0.717) is 39.8 Å². The molecule has 0 bridgehead atoms. The van der Waals surface area contributed by atoms with Crippen LogP contribution in [-0.2, 0) is 15.6 Å². The van der Waals surface area contributed by atoms with Gasteiger partial charge in [-0.25, -0.2) is 28.2 Å². The molecule has 4 aromatic rings. The minimum atomic E-state index is -3.22. The molecule has 0 saturated heterocycles. The lowest BCUT2D eigenvalue weighted by atomic mass is 10.0. The van der Waals surface area contributed by atoms with E-state index in [1.165, 1.54) is 17.6 Å². The maximum absolute atomic E-state index is 12.0. The molecule has 4 rings (SSSR count). The first-order chi connectivity index (χ1) is 16.6. The number of aliphatic hydroxyl groups excluding tert-OH is 1. The first-order valence-electron chi connectivity index (χ1n) is 10.8. The molecule has 3 N–H and O–H groups in total. The minimum Gasteiger partial charge on any atom is -0.385 e. The van der Waals surface area contributed by atoms with Gasteiger partial charge in [-0.15, -0.1) is 0 Å². The van der Waals surface area contributed by atoms with Gasteiger partial charge in [0, 0.05) is 42.5 Å². The Morgan fingerprint density at radius 1 is 1.14 bits per heavy atom. The number of hydrogen-bond acceptors (Lipinski definition) is 9. The predicted molar refractivity (Wildman–Crippen MR) is 136 cm³/mol. The van der Waals surface area contributed by atoms with Gasteiger partial charge in [0.2, 0.25) is 0 Å². The Kier molecular flexibility index (Phi) is 7.05. The molecule has 182 valence electrons. The summed E-state index contributed by atoms with van der Waals surface area (Å²) in [4.78, 5) is 29.6. The molecule has 2 amide bonds. The number of urea groups is 1. The SMILES string of the molecule is CCNC(=O)Nc1nc2cc(-c3cnc(C(C)O)nc3)cc(-c3cc(CS(C)(=O)=O)ccn3)c2s1. The maximum Gasteiger partial charge on any atom is 0.321 e. The van der Waals surface area contributed by atoms with E-state index in [1.54, 1.807) is 37.6 Å². The Bertz CT molecular complexity index is 1480. The van der Waals surface area contributed by atoms with Gasteiger partial charge in [-0.2, -0.15) is 0 Å². The largest absolute Gasteiger partial charge is 0.385 e. The van der Waals surface area contributed by atoms with Crippen LogP contribution in [0.5, 0.6) is 0 Å². The fourth-order valence-corrected chi connectivity index (χ4v) is 5.21. The average molecular weight is 513 g/mol. The second-order valence-electron chi connectivity index (χ2n) is 8.00. The molecule has 3 heterocycles. The van der Waals surface area contributed by atoms with Crippen molar-refractivity contribution in [2.24, 2.45) is 0 Å². The van der Waals surface area contributed by atoms with Crippen LogP contribution in [-0.4, -0.2) is 52.3 Å². The van der Waals surface area contributed by atoms with Crippen LogP contribution in [0.25, 0.3) is 32.6 Å². The number of aliphatic hydroxyl groups is 1. The van der Waals surface area contributed by atoms with Crippen LogP contribution < -0.4 is 10.6 Å². The van der Waals surface area contributed by atoms with Crippen molar-refractivity contribution in [1.82, 2.24) is 25.3 Å². The standard InChI is InChI=1S/C23H24N6O4S2/c1-4-24-22(31)29-23-28-19-9-15(16-10-26-21(13(2)30)27-11-16)8-17(20(19)34-23)18-7-14(5-6-25-18)12-35(3,32)33/h5-11,13,30H,4,12H2,1-3H3,(H2,24,28,29,31). The number of sulfone groups is 1. The minimum absolute atomic E-state index is 0.104. The van der Waals surface area contributed by atoms with Gasteiger partial charge in [0.15, 0.2) is 20.8 Å². The van der Waals surface area contributed by atoms with Crippen molar-refractivity contribution in [2.75, 3.05) is 18.1 Å². The topological polar surface area (TPSA) is 147 Å². The molecule has 3 aromatic heterocycles. The van der Waals surface area contributed by atoms with E-state index in [9.17, 15) is 18.3 Å². The summed E-state index contributed by atoms with van der Waals surface area (Å²) in [6.07, 6.45) is 5.21. The van der Waals surface area contributed by atoms with Gasteiger partial charge in [0.05, 0.1) is 21.7 Å². The number of nitrogens with zero attached hydrogens (tertiary/aromatic N) is 4. The monoisotopic (exact) mass is 512 g/mol. The van der Waals surface area contributed by atoms with Gasteiger partial charge in [0.25, 0.3) is 0 Å². The number of amides is 2. The van der Waals surface area contributed by atoms with Crippen molar-refractivity contribution >= 4 is 42.6 Å². The number of carbonyl (C=O) groups excluding carboxylic acids is 1. The number of anilines is 1. The van der Waals surface area contributed by atoms with Gasteiger partial charge in [-0.05, 0) is 49.2 Å². The van der Waals surface area contributed by atoms with Crippen LogP contribution in [0, 0.1) is 0 Å². The highest BCUT2D eigenvalue weighted by molar-refractivity contribution is 7.89. The number of thiazole rings is 1. The van der Waals surface area contributed by atoms with Crippen molar-refractivity contribution in [3.8, 4) is 22.4 Å². The van der Waals surface area contributed by atoms with E-state index in [2.05, 4.69) is 30.6 Å². The summed E-state index contributed by atoms with van der Waals surface area (Å²) < 4.78 is 24.4. The second-order valence-corrected chi connectivity index (χ2v) is 11.1. The number of pyridine rings is 1. The van der Waals surface area contributed by atoms with Gasteiger partial charge < -0.3 is 10.4 Å². The fraction of sp³-hybridized carbons (Fsp3) is 0.261. The Morgan fingerprint density at radius 3 is 2.54 bits per heavy atom. The third kappa shape index (κ3) is 5.96. The first-order valence-corrected chi connectivity index (χ1v) is 13.6. The third-order valence-corrected chi connectivity index (χ3v) is 6.83. The normalized spacial score (nSPS) is 12.5. The Morgan fingerprint density at radius 2 is 1.89 bits per heavy atom. The van der Waals surface area contributed by atoms with Gasteiger partial charge in [-0.1, -0.05) is 11.3 Å². The van der Waals surface area contributed by atoms with Crippen LogP contribution >= 0.6 is 11.3 Å². The van der Waals surface area contributed by atoms with Crippen LogP contribution in [0.4, 0.5) is 9.93 Å². The van der Waals surface area contributed by atoms with Crippen molar-refractivity contribution in [2.45, 2.75) is 25.7 Å². The summed E-state index contributed by atoms with van der Waals surface area (Å²) in [5.74, 6) is 0.208. The molecule has 0 aliphatic heterocycles. The smallest absolute Gasteiger partial charge is 0.321 e. The molecule has 35 heavy (non-hydrogen) atoms. The molecule has 1 atom stereocenters. The third-order valence-electron chi connectivity index (χ3n) is 4.96. The van der Waals surface area contributed by atoms with E-state index in [0.717, 1.165) is 15.8 Å². The predicted octanol–water partition coefficient (Wildman–Crippen LogP) is 3.55. The molecule has 0 aliphatic carbocycles. The van der Waals surface area contributed by atoms with Crippen molar-refractivity contribution < 1.29 is 18.3 Å². The zero-order valence-corrected chi connectivity index (χ0v) is 20.9. The summed E-state index contributed by atoms with van der Waals surface area (Å²) in [5.41, 5.74) is 4.02. The van der Waals surface area contributed by atoms with Crippen molar-refractivity contribution in [3.05, 3.63) is 54.2 Å². The Labute approximate surface area is 206 Å². The van der Waals surface area contributed by atoms with E-state index >= 15 is 0 Å². The molecule has 0 spiro atoms. The van der Waals surface area contributed by atoms with E-state index < -0.39 is 15.9 Å². The lowest BCUT2D eigenvalue weighted by Crippen LogP contribution is -2.28. The Hall–Kier alpha value is -3.48. The van der Waals surface area contributed by atoms with Gasteiger partial charge in [0.1, 0.15) is 6.10 Å². The van der Waals surface area contributed by atoms with Gasteiger partial charge >= 0.3 is 6.03 Å². The lowest BCUT2D eigenvalue weighted by molar-refractivity contribution is 0.189. The highest BCUT2D eigenvalue weighted by Gasteiger charge is 2.17. The number of carbonyl (C=O) groups is 1. The maximum atomic E-state index is 12.0. The van der Waals surface area contributed by atoms with Crippen LogP contribution in [0.1, 0.15) is 31.3 Å². The number of fused-ring (bicyclic) bond motifs is 1. The quantitative estimate of drug-likeness (QED) is 0.341. The number of rotatable bonds is 7. The fourth-order valence-electron chi connectivity index (χ4n) is 3.46. The number of nitrogens with one attached hydrogen (secondary N) is 2. The molecular weight excluding hydrogens is 488 g/mol. The van der Waals surface area contributed by atoms with E-state index in [-0.39, 0.29) is 11.8 Å². The number of hydrogen-bond donors (Lipinski definition) is 3. The number of aromatic nitrogens is 4. The van der Waals surface area contributed by atoms with Crippen LogP contribution in [0.2, 0.25) is 0 Å². The zero-order chi connectivity index (χ0) is 25.2. The number of benzene rings is 1. The highest BCUT2D eigenvalue weighted by Crippen LogP contribution is 2.38. The molecule has 1 unspecified atom stereocenters. The summed E-state index contributed by atoms with van der Waals surface area (Å²) >= 11 is 1.30. The molecule has 0 radical (unpaired) electrons. The summed E-state index contributed by atoms with van der Waals surface area (Å²) in [6.45, 7) is 3.89. The van der Waals surface area contributed by atoms with E-state index in [4.69, 9.17) is 0 Å². The molecular formula is C23H24N6O4S2. The highest BCUT2D eigenvalue weighted by atomic mass is 32.2. The summed E-state index contributed by atoms with van der Waals surface area (Å²) in [7, 11) is -3.22. The molecule has 10 nitrogen and oxygen atoms in total. The molecule has 12 heteroatoms. The van der Waals surface area contributed by atoms with Crippen molar-refractivity contribution in [1.29, 1.82) is 0 Å². The zero-order valence-electron chi connectivity index (χ0n) is 19.3. The molecule has 0 saturated carbocycles. The summed E-state index contributed by atoms with van der Waals surface area (Å²) in [6, 6.07) is 6.82. The average Bonchev–Trinajstić information content (AvgIpc) is 3.19. The van der Waals surface area contributed by atoms with E-state index in [1.807, 2.05) is 19.1 Å². The van der Waals surface area contributed by atoms with Crippen LogP contribution in [0.15, 0.2) is 42.9 Å². The lowest BCUT2D eigenvalue weighted by Gasteiger charge is -2.09. The Balaban J connectivity index is 1.85. The van der Waals surface area contributed by atoms with Crippen LogP contribution in [0.3, 0.4) is 0 Å². The molecule has 1 aromatic carbocycles. The van der Waals surface area contributed by atoms with Crippen molar-refractivity contribution in [3.63, 3.8) is 0 Å². The molecule has 0 aliphatic rings. The summed E-state index contributed by atoms with van der Waals surface area (Å²) in [5, 5.41) is 15.5. The van der Waals surface area contributed by atoms with Gasteiger partial charge in [-0.3, -0.25) is 10.3 Å².